The maximum atomic E-state index is 13.5. The van der Waals surface area contributed by atoms with Gasteiger partial charge in [0.1, 0.15) is 5.82 Å². The Morgan fingerprint density at radius 2 is 1.91 bits per heavy atom. The van der Waals surface area contributed by atoms with Crippen molar-refractivity contribution in [2.24, 2.45) is 0 Å². The molecule has 0 amide bonds. The molecule has 0 spiro atoms. The van der Waals surface area contributed by atoms with Crippen LogP contribution in [0.15, 0.2) is 36.4 Å². The van der Waals surface area contributed by atoms with Crippen LogP contribution in [0.1, 0.15) is 29.0 Å². The SMILES string of the molecule is Cc1ccc(C)c(C(C#N)CCOc2ccc(F)cc2F)c1. The van der Waals surface area contributed by atoms with E-state index in [1.165, 1.54) is 6.07 Å². The molecule has 2 aromatic rings. The summed E-state index contributed by atoms with van der Waals surface area (Å²) in [7, 11) is 0. The summed E-state index contributed by atoms with van der Waals surface area (Å²) in [4.78, 5) is 0. The van der Waals surface area contributed by atoms with E-state index in [4.69, 9.17) is 4.74 Å². The van der Waals surface area contributed by atoms with E-state index in [1.54, 1.807) is 0 Å². The van der Waals surface area contributed by atoms with Gasteiger partial charge >= 0.3 is 0 Å². The van der Waals surface area contributed by atoms with Crippen molar-refractivity contribution >= 4 is 0 Å². The van der Waals surface area contributed by atoms with Crippen LogP contribution < -0.4 is 4.74 Å². The lowest BCUT2D eigenvalue weighted by Gasteiger charge is -2.14. The maximum Gasteiger partial charge on any atom is 0.167 e. The molecule has 0 heterocycles. The Morgan fingerprint density at radius 1 is 1.14 bits per heavy atom. The number of halogens is 2. The predicted molar refractivity (Wildman–Crippen MR) is 80.7 cm³/mol. The predicted octanol–water partition coefficient (Wildman–Crippen LogP) is 4.66. The zero-order valence-corrected chi connectivity index (χ0v) is 12.6. The molecule has 114 valence electrons. The molecular weight excluding hydrogens is 284 g/mol. The van der Waals surface area contributed by atoms with Crippen molar-refractivity contribution in [2.45, 2.75) is 26.2 Å². The van der Waals surface area contributed by atoms with Crippen LogP contribution in [0.2, 0.25) is 0 Å². The molecule has 1 atom stereocenters. The first-order valence-electron chi connectivity index (χ1n) is 7.06. The van der Waals surface area contributed by atoms with Crippen molar-refractivity contribution in [1.82, 2.24) is 0 Å². The summed E-state index contributed by atoms with van der Waals surface area (Å²) in [6.07, 6.45) is 0.442. The summed E-state index contributed by atoms with van der Waals surface area (Å²) >= 11 is 0. The van der Waals surface area contributed by atoms with Crippen LogP contribution in [0, 0.1) is 36.8 Å². The first-order valence-corrected chi connectivity index (χ1v) is 7.06. The lowest BCUT2D eigenvalue weighted by molar-refractivity contribution is 0.290. The molecule has 0 N–H and O–H groups in total. The monoisotopic (exact) mass is 301 g/mol. The van der Waals surface area contributed by atoms with Crippen molar-refractivity contribution in [3.8, 4) is 11.8 Å². The molecule has 0 bridgehead atoms. The Morgan fingerprint density at radius 3 is 2.59 bits per heavy atom. The van der Waals surface area contributed by atoms with Gasteiger partial charge in [-0.1, -0.05) is 23.8 Å². The third kappa shape index (κ3) is 3.82. The second-order valence-electron chi connectivity index (χ2n) is 5.25. The number of rotatable bonds is 5. The van der Waals surface area contributed by atoms with Crippen LogP contribution in [0.4, 0.5) is 8.78 Å². The quantitative estimate of drug-likeness (QED) is 0.804. The molecule has 0 saturated heterocycles. The summed E-state index contributed by atoms with van der Waals surface area (Å²) in [5.74, 6) is -1.70. The van der Waals surface area contributed by atoms with Gasteiger partial charge in [-0.3, -0.25) is 0 Å². The van der Waals surface area contributed by atoms with Gasteiger partial charge in [-0.15, -0.1) is 0 Å². The third-order valence-electron chi connectivity index (χ3n) is 3.52. The largest absolute Gasteiger partial charge is 0.490 e. The van der Waals surface area contributed by atoms with E-state index in [0.29, 0.717) is 6.42 Å². The zero-order valence-electron chi connectivity index (χ0n) is 12.6. The van der Waals surface area contributed by atoms with Crippen LogP contribution in [0.5, 0.6) is 5.75 Å². The van der Waals surface area contributed by atoms with E-state index in [1.807, 2.05) is 32.0 Å². The van der Waals surface area contributed by atoms with Crippen LogP contribution >= 0.6 is 0 Å². The minimum absolute atomic E-state index is 0.000876. The molecule has 0 fully saturated rings. The fraction of sp³-hybridized carbons (Fsp3) is 0.278. The summed E-state index contributed by atoms with van der Waals surface area (Å²) in [5, 5.41) is 9.35. The van der Waals surface area contributed by atoms with Gasteiger partial charge in [0, 0.05) is 12.5 Å². The van der Waals surface area contributed by atoms with Gasteiger partial charge in [0.15, 0.2) is 11.6 Å². The lowest BCUT2D eigenvalue weighted by Crippen LogP contribution is -2.07. The first-order chi connectivity index (χ1) is 10.5. The summed E-state index contributed by atoms with van der Waals surface area (Å²) < 4.78 is 31.6. The Balaban J connectivity index is 2.03. The Hall–Kier alpha value is -2.41. The fourth-order valence-electron chi connectivity index (χ4n) is 2.30. The highest BCUT2D eigenvalue weighted by molar-refractivity contribution is 5.36. The number of nitrogens with zero attached hydrogens (tertiary/aromatic N) is 1. The third-order valence-corrected chi connectivity index (χ3v) is 3.52. The van der Waals surface area contributed by atoms with Gasteiger partial charge in [0.25, 0.3) is 0 Å². The van der Waals surface area contributed by atoms with E-state index in [-0.39, 0.29) is 18.3 Å². The Labute approximate surface area is 129 Å². The number of benzene rings is 2. The molecule has 2 rings (SSSR count). The van der Waals surface area contributed by atoms with Crippen molar-refractivity contribution in [1.29, 1.82) is 5.26 Å². The summed E-state index contributed by atoms with van der Waals surface area (Å²) in [6.45, 7) is 4.12. The van der Waals surface area contributed by atoms with E-state index < -0.39 is 11.6 Å². The standard InChI is InChI=1S/C18H17F2NO/c1-12-3-4-13(2)16(9-12)14(11-21)7-8-22-18-6-5-15(19)10-17(18)20/h3-6,9-10,14H,7-8H2,1-2H3. The maximum absolute atomic E-state index is 13.5. The average Bonchev–Trinajstić information content (AvgIpc) is 2.48. The van der Waals surface area contributed by atoms with Gasteiger partial charge in [-0.05, 0) is 37.1 Å². The summed E-state index contributed by atoms with van der Waals surface area (Å²) in [6, 6.07) is 11.4. The smallest absolute Gasteiger partial charge is 0.167 e. The highest BCUT2D eigenvalue weighted by atomic mass is 19.1. The molecule has 0 aliphatic rings. The number of hydrogen-bond donors (Lipinski definition) is 0. The van der Waals surface area contributed by atoms with Gasteiger partial charge in [0.05, 0.1) is 18.6 Å². The topological polar surface area (TPSA) is 33.0 Å². The minimum atomic E-state index is -0.736. The molecule has 0 saturated carbocycles. The average molecular weight is 301 g/mol. The number of ether oxygens (including phenoxy) is 1. The van der Waals surface area contributed by atoms with Gasteiger partial charge < -0.3 is 4.74 Å². The van der Waals surface area contributed by atoms with Crippen LogP contribution in [0.3, 0.4) is 0 Å². The molecule has 22 heavy (non-hydrogen) atoms. The molecule has 1 unspecified atom stereocenters. The van der Waals surface area contributed by atoms with Crippen molar-refractivity contribution in [2.75, 3.05) is 6.61 Å². The van der Waals surface area contributed by atoms with Crippen LogP contribution in [-0.4, -0.2) is 6.61 Å². The van der Waals surface area contributed by atoms with E-state index >= 15 is 0 Å². The summed E-state index contributed by atoms with van der Waals surface area (Å²) in [5.41, 5.74) is 3.10. The van der Waals surface area contributed by atoms with E-state index in [9.17, 15) is 14.0 Å². The van der Waals surface area contributed by atoms with Gasteiger partial charge in [0.2, 0.25) is 0 Å². The molecule has 0 radical (unpaired) electrons. The number of hydrogen-bond acceptors (Lipinski definition) is 2. The fourth-order valence-corrected chi connectivity index (χ4v) is 2.30. The van der Waals surface area contributed by atoms with Crippen molar-refractivity contribution in [3.63, 3.8) is 0 Å². The van der Waals surface area contributed by atoms with Crippen molar-refractivity contribution < 1.29 is 13.5 Å². The van der Waals surface area contributed by atoms with E-state index in [2.05, 4.69) is 6.07 Å². The van der Waals surface area contributed by atoms with Crippen LogP contribution in [-0.2, 0) is 0 Å². The van der Waals surface area contributed by atoms with Crippen LogP contribution in [0.25, 0.3) is 0 Å². The van der Waals surface area contributed by atoms with Gasteiger partial charge in [-0.2, -0.15) is 5.26 Å². The molecular formula is C18H17F2NO. The normalized spacial score (nSPS) is 11.8. The number of nitriles is 1. The highest BCUT2D eigenvalue weighted by Crippen LogP contribution is 2.25. The molecule has 0 aliphatic carbocycles. The first kappa shape index (κ1) is 16.0. The molecule has 0 aliphatic heterocycles. The second kappa shape index (κ2) is 7.04. The Bertz CT molecular complexity index is 707. The molecule has 0 aromatic heterocycles. The van der Waals surface area contributed by atoms with E-state index in [0.717, 1.165) is 28.8 Å². The van der Waals surface area contributed by atoms with Gasteiger partial charge in [-0.25, -0.2) is 8.78 Å². The minimum Gasteiger partial charge on any atom is -0.490 e. The molecule has 2 nitrogen and oxygen atoms in total. The second-order valence-corrected chi connectivity index (χ2v) is 5.25. The zero-order chi connectivity index (χ0) is 16.1. The number of aryl methyl sites for hydroxylation is 2. The molecule has 2 aromatic carbocycles. The Kier molecular flexibility index (Phi) is 5.11. The molecule has 4 heteroatoms. The lowest BCUT2D eigenvalue weighted by atomic mass is 9.92. The highest BCUT2D eigenvalue weighted by Gasteiger charge is 2.14. The van der Waals surface area contributed by atoms with Crippen molar-refractivity contribution in [3.05, 3.63) is 64.7 Å².